The van der Waals surface area contributed by atoms with Gasteiger partial charge in [-0.05, 0) is 96.3 Å². The molecule has 0 aliphatic heterocycles. The topological polar surface area (TPSA) is 212 Å². The zero-order chi connectivity index (χ0) is 45.9. The number of aliphatic carboxylic acids is 1. The van der Waals surface area contributed by atoms with Crippen molar-refractivity contribution in [2.45, 2.75) is 179 Å². The third kappa shape index (κ3) is 39.4. The van der Waals surface area contributed by atoms with Gasteiger partial charge in [0.05, 0.1) is 25.4 Å². The van der Waals surface area contributed by atoms with E-state index < -0.39 is 69.9 Å². The maximum absolute atomic E-state index is 12.7. The molecule has 0 saturated carbocycles. The third-order valence-electron chi connectivity index (χ3n) is 9.32. The van der Waals surface area contributed by atoms with Crippen LogP contribution in [0, 0.1) is 0 Å². The average molecular weight is 894 g/mol. The van der Waals surface area contributed by atoms with Gasteiger partial charge in [-0.25, -0.2) is 4.57 Å². The first-order valence-corrected chi connectivity index (χ1v) is 24.3. The van der Waals surface area contributed by atoms with Gasteiger partial charge in [0.25, 0.3) is 0 Å². The van der Waals surface area contributed by atoms with Crippen molar-refractivity contribution in [2.24, 2.45) is 5.73 Å². The zero-order valence-electron chi connectivity index (χ0n) is 37.6. The fourth-order valence-corrected chi connectivity index (χ4v) is 6.34. The number of allylic oxidation sites excluding steroid dienone is 13. The van der Waals surface area contributed by atoms with Crippen LogP contribution in [-0.4, -0.2) is 82.3 Å². The Hall–Kier alpha value is -3.42. The molecular weight excluding hydrogens is 813 g/mol. The number of hydrogen-bond acceptors (Lipinski definition) is 11. The van der Waals surface area contributed by atoms with E-state index >= 15 is 0 Å². The summed E-state index contributed by atoms with van der Waals surface area (Å²) in [5, 5.41) is 29.6. The van der Waals surface area contributed by atoms with Crippen LogP contribution in [0.2, 0.25) is 0 Å². The van der Waals surface area contributed by atoms with Crippen LogP contribution in [-0.2, 0) is 37.5 Å². The Morgan fingerprint density at radius 3 is 1.52 bits per heavy atom. The van der Waals surface area contributed by atoms with E-state index in [1.165, 1.54) is 38.5 Å². The van der Waals surface area contributed by atoms with Crippen LogP contribution >= 0.6 is 7.82 Å². The van der Waals surface area contributed by atoms with E-state index in [0.29, 0.717) is 6.42 Å². The molecule has 0 spiro atoms. The van der Waals surface area contributed by atoms with Gasteiger partial charge in [0.15, 0.2) is 6.10 Å². The fraction of sp³-hybridized carbons (Fsp3) is 0.646. The van der Waals surface area contributed by atoms with Crippen molar-refractivity contribution in [2.75, 3.05) is 19.8 Å². The van der Waals surface area contributed by atoms with Gasteiger partial charge in [0, 0.05) is 12.8 Å². The molecule has 0 saturated heterocycles. The van der Waals surface area contributed by atoms with Crippen LogP contribution in [0.1, 0.15) is 155 Å². The number of hydrogen-bond donors (Lipinski definition) is 5. The number of carbonyl (C=O) groups is 3. The van der Waals surface area contributed by atoms with Crippen molar-refractivity contribution in [1.29, 1.82) is 0 Å². The Kier molecular flexibility index (Phi) is 39.3. The highest BCUT2D eigenvalue weighted by Crippen LogP contribution is 2.43. The Morgan fingerprint density at radius 2 is 1.02 bits per heavy atom. The Morgan fingerprint density at radius 1 is 0.565 bits per heavy atom. The number of nitrogens with two attached hydrogens (primary N) is 1. The van der Waals surface area contributed by atoms with Crippen LogP contribution in [0.5, 0.6) is 0 Å². The highest BCUT2D eigenvalue weighted by Gasteiger charge is 2.28. The normalized spacial score (nSPS) is 15.5. The minimum absolute atomic E-state index is 0.0583. The molecular formula is C48H80NO12P. The highest BCUT2D eigenvalue weighted by atomic mass is 31.2. The second-order valence-corrected chi connectivity index (χ2v) is 16.6. The molecule has 0 radical (unpaired) electrons. The Labute approximate surface area is 372 Å². The lowest BCUT2D eigenvalue weighted by atomic mass is 10.0. The average Bonchev–Trinajstić information content (AvgIpc) is 3.24. The molecule has 3 unspecified atom stereocenters. The molecule has 6 N–H and O–H groups in total. The van der Waals surface area contributed by atoms with Crippen LogP contribution in [0.4, 0.5) is 0 Å². The summed E-state index contributed by atoms with van der Waals surface area (Å²) in [6.45, 7) is 2.40. The maximum atomic E-state index is 12.7. The summed E-state index contributed by atoms with van der Waals surface area (Å²) in [4.78, 5) is 46.1. The van der Waals surface area contributed by atoms with E-state index in [4.69, 9.17) is 24.8 Å². The third-order valence-corrected chi connectivity index (χ3v) is 10.3. The summed E-state index contributed by atoms with van der Waals surface area (Å²) in [7, 11) is -4.80. The van der Waals surface area contributed by atoms with E-state index in [1.54, 1.807) is 0 Å². The lowest BCUT2D eigenvalue weighted by Crippen LogP contribution is -2.34. The molecule has 14 heteroatoms. The first-order valence-electron chi connectivity index (χ1n) is 22.8. The largest absolute Gasteiger partial charge is 0.480 e. The quantitative estimate of drug-likeness (QED) is 0.0168. The summed E-state index contributed by atoms with van der Waals surface area (Å²) in [5.74, 6) is -2.75. The van der Waals surface area contributed by atoms with Gasteiger partial charge < -0.3 is 35.4 Å². The number of aliphatic hydroxyl groups is 2. The minimum atomic E-state index is -4.80. The molecule has 0 amide bonds. The summed E-state index contributed by atoms with van der Waals surface area (Å²) in [6, 6.07) is -1.57. The number of unbranched alkanes of at least 4 members (excludes halogenated alkanes) is 9. The van der Waals surface area contributed by atoms with Crippen molar-refractivity contribution in [3.8, 4) is 0 Å². The molecule has 0 aromatic rings. The number of phosphoric acid groups is 1. The van der Waals surface area contributed by atoms with E-state index in [-0.39, 0.29) is 32.1 Å². The summed E-state index contributed by atoms with van der Waals surface area (Å²) < 4.78 is 32.5. The molecule has 13 nitrogen and oxygen atoms in total. The van der Waals surface area contributed by atoms with Crippen molar-refractivity contribution >= 4 is 25.7 Å². The number of aliphatic hydroxyl groups excluding tert-OH is 2. The van der Waals surface area contributed by atoms with Gasteiger partial charge >= 0.3 is 25.7 Å². The number of esters is 2. The molecule has 0 bridgehead atoms. The smallest absolute Gasteiger partial charge is 0.472 e. The van der Waals surface area contributed by atoms with Crippen molar-refractivity contribution in [3.05, 3.63) is 85.1 Å². The van der Waals surface area contributed by atoms with Crippen LogP contribution in [0.15, 0.2) is 85.1 Å². The molecule has 0 fully saturated rings. The summed E-state index contributed by atoms with van der Waals surface area (Å²) in [5.41, 5.74) is 5.32. The van der Waals surface area contributed by atoms with Gasteiger partial charge in [0.1, 0.15) is 12.6 Å². The van der Waals surface area contributed by atoms with E-state index in [9.17, 15) is 34.1 Å². The predicted molar refractivity (Wildman–Crippen MR) is 247 cm³/mol. The number of rotatable bonds is 41. The van der Waals surface area contributed by atoms with Crippen molar-refractivity contribution in [1.82, 2.24) is 0 Å². The van der Waals surface area contributed by atoms with E-state index in [2.05, 4.69) is 85.2 Å². The van der Waals surface area contributed by atoms with E-state index in [1.807, 2.05) is 18.2 Å². The van der Waals surface area contributed by atoms with Gasteiger partial charge in [0.2, 0.25) is 0 Å². The minimum Gasteiger partial charge on any atom is -0.480 e. The molecule has 0 heterocycles. The summed E-state index contributed by atoms with van der Waals surface area (Å²) >= 11 is 0. The fourth-order valence-electron chi connectivity index (χ4n) is 5.56. The monoisotopic (exact) mass is 894 g/mol. The summed E-state index contributed by atoms with van der Waals surface area (Å²) in [6.07, 6.45) is 43.9. The highest BCUT2D eigenvalue weighted by molar-refractivity contribution is 7.47. The van der Waals surface area contributed by atoms with Crippen molar-refractivity contribution < 1.29 is 57.7 Å². The maximum Gasteiger partial charge on any atom is 0.472 e. The van der Waals surface area contributed by atoms with Gasteiger partial charge in [-0.3, -0.25) is 23.4 Å². The molecule has 0 rings (SSSR count). The number of carboxylic acid groups (broad SMARTS) is 1. The molecule has 0 aromatic carbocycles. The SMILES string of the molecule is CCCCC/C=C\C/C=C\C/C=C\C/C=C\CCCCCC(=O)O[C@H](COC(=O)CCCC(O)C(O)C/C=C\C/C=C\C/C=C\CCCCC)COP(=O)(O)OC[C@H](N)C(=O)O. The zero-order valence-corrected chi connectivity index (χ0v) is 38.5. The number of carbonyl (C=O) groups excluding carboxylic acids is 2. The molecule has 0 aliphatic rings. The number of phosphoric ester groups is 1. The molecule has 0 aromatic heterocycles. The number of carboxylic acids is 1. The van der Waals surface area contributed by atoms with Crippen LogP contribution in [0.3, 0.4) is 0 Å². The van der Waals surface area contributed by atoms with Crippen LogP contribution in [0.25, 0.3) is 0 Å². The lowest BCUT2D eigenvalue weighted by Gasteiger charge is -2.20. The first-order chi connectivity index (χ1) is 29.9. The predicted octanol–water partition coefficient (Wildman–Crippen LogP) is 10.2. The standard InChI is InChI=1S/C48H80NO12P/c1-3-5-7-9-11-13-15-17-18-19-20-21-22-23-25-27-29-31-33-37-47(53)61-42(40-59-62(56,57)60-41-43(49)48(54)55)39-58-46(52)38-34-36-45(51)44(50)35-32-30-28-26-24-16-14-12-10-8-6-4-2/h11-14,17-18,20-21,23-26,30,32,42-45,50-51H,3-10,15-16,19,22,27-29,31,33-41,49H2,1-2H3,(H,54,55)(H,56,57)/b13-11-,14-12-,18-17-,21-20-,25-23-,26-24-,32-30-/t42-,43+,44?,45?/m1/s1. The molecule has 62 heavy (non-hydrogen) atoms. The Balaban J connectivity index is 4.65. The van der Waals surface area contributed by atoms with E-state index in [0.717, 1.165) is 64.2 Å². The molecule has 354 valence electrons. The lowest BCUT2D eigenvalue weighted by molar-refractivity contribution is -0.161. The van der Waals surface area contributed by atoms with Gasteiger partial charge in [-0.1, -0.05) is 131 Å². The first kappa shape index (κ1) is 58.6. The van der Waals surface area contributed by atoms with Crippen molar-refractivity contribution in [3.63, 3.8) is 0 Å². The van der Waals surface area contributed by atoms with Gasteiger partial charge in [-0.2, -0.15) is 0 Å². The second-order valence-electron chi connectivity index (χ2n) is 15.1. The van der Waals surface area contributed by atoms with Crippen LogP contribution < -0.4 is 5.73 Å². The second kappa shape index (κ2) is 41.6. The number of ether oxygens (including phenoxy) is 2. The molecule has 0 aliphatic carbocycles. The molecule has 5 atom stereocenters. The Bertz CT molecular complexity index is 1410. The van der Waals surface area contributed by atoms with Gasteiger partial charge in [-0.15, -0.1) is 0 Å².